The van der Waals surface area contributed by atoms with Gasteiger partial charge in [-0.25, -0.2) is 14.8 Å². The number of cyclic esters (lactones) is 1. The molecule has 7 nitrogen and oxygen atoms in total. The van der Waals surface area contributed by atoms with Crippen LogP contribution in [0, 0.1) is 5.92 Å². The largest absolute Gasteiger partial charge is 0.493 e. The number of nitrogens with zero attached hydrogens (tertiary/aromatic N) is 2. The highest BCUT2D eigenvalue weighted by Gasteiger charge is 2.28. The molecule has 156 valence electrons. The Morgan fingerprint density at radius 1 is 1.10 bits per heavy atom. The number of benzene rings is 2. The summed E-state index contributed by atoms with van der Waals surface area (Å²) in [7, 11) is 3.19. The van der Waals surface area contributed by atoms with Crippen molar-refractivity contribution >= 4 is 22.7 Å². The van der Waals surface area contributed by atoms with Crippen molar-refractivity contribution in [3.05, 3.63) is 41.7 Å². The molecule has 1 atom stereocenters. The molecule has 0 bridgehead atoms. The molecule has 3 aromatic rings. The Bertz CT molecular complexity index is 1100. The monoisotopic (exact) mass is 407 g/mol. The van der Waals surface area contributed by atoms with Crippen LogP contribution < -0.4 is 14.8 Å². The molecule has 0 spiro atoms. The first-order valence-corrected chi connectivity index (χ1v) is 10.0. The van der Waals surface area contributed by atoms with E-state index in [2.05, 4.69) is 29.1 Å². The number of anilines is 1. The minimum atomic E-state index is -0.337. The van der Waals surface area contributed by atoms with Crippen molar-refractivity contribution in [3.63, 3.8) is 0 Å². The number of rotatable bonds is 7. The molecule has 30 heavy (non-hydrogen) atoms. The van der Waals surface area contributed by atoms with Gasteiger partial charge in [-0.1, -0.05) is 20.3 Å². The number of ether oxygens (including phenoxy) is 3. The van der Waals surface area contributed by atoms with E-state index in [9.17, 15) is 4.79 Å². The highest BCUT2D eigenvalue weighted by molar-refractivity contribution is 6.11. The zero-order chi connectivity index (χ0) is 21.3. The van der Waals surface area contributed by atoms with Gasteiger partial charge in [0.1, 0.15) is 6.61 Å². The van der Waals surface area contributed by atoms with Crippen LogP contribution in [0.2, 0.25) is 0 Å². The Labute approximate surface area is 175 Å². The first-order valence-electron chi connectivity index (χ1n) is 10.0. The predicted octanol–water partition coefficient (Wildman–Crippen LogP) is 4.44. The van der Waals surface area contributed by atoms with Crippen LogP contribution >= 0.6 is 0 Å². The molecule has 2 heterocycles. The van der Waals surface area contributed by atoms with Crippen LogP contribution in [0.25, 0.3) is 21.9 Å². The molecule has 1 aromatic heterocycles. The van der Waals surface area contributed by atoms with Crippen LogP contribution in [0.4, 0.5) is 5.95 Å². The lowest BCUT2D eigenvalue weighted by Gasteiger charge is -2.15. The van der Waals surface area contributed by atoms with Gasteiger partial charge in [0.25, 0.3) is 0 Å². The topological polar surface area (TPSA) is 82.6 Å². The highest BCUT2D eigenvalue weighted by Crippen LogP contribution is 2.42. The molecule has 1 unspecified atom stereocenters. The molecule has 0 saturated carbocycles. The summed E-state index contributed by atoms with van der Waals surface area (Å²) < 4.78 is 16.2. The summed E-state index contributed by atoms with van der Waals surface area (Å²) in [5.74, 6) is 1.98. The summed E-state index contributed by atoms with van der Waals surface area (Å²) in [5, 5.41) is 5.04. The van der Waals surface area contributed by atoms with Crippen molar-refractivity contribution in [1.82, 2.24) is 9.97 Å². The molecular formula is C23H25N3O4. The quantitative estimate of drug-likeness (QED) is 0.580. The Balaban J connectivity index is 1.84. The lowest BCUT2D eigenvalue weighted by Crippen LogP contribution is -2.12. The van der Waals surface area contributed by atoms with E-state index in [-0.39, 0.29) is 12.6 Å². The molecule has 1 aliphatic rings. The minimum absolute atomic E-state index is 0.251. The third-order valence-electron chi connectivity index (χ3n) is 5.53. The second-order valence-corrected chi connectivity index (χ2v) is 7.48. The van der Waals surface area contributed by atoms with E-state index in [1.807, 2.05) is 18.2 Å². The van der Waals surface area contributed by atoms with Gasteiger partial charge < -0.3 is 19.5 Å². The van der Waals surface area contributed by atoms with E-state index in [1.165, 1.54) is 0 Å². The van der Waals surface area contributed by atoms with Gasteiger partial charge in [0, 0.05) is 35.6 Å². The summed E-state index contributed by atoms with van der Waals surface area (Å²) in [5.41, 5.74) is 2.89. The summed E-state index contributed by atoms with van der Waals surface area (Å²) in [6, 6.07) is 5.75. The van der Waals surface area contributed by atoms with Crippen molar-refractivity contribution in [1.29, 1.82) is 0 Å². The average Bonchev–Trinajstić information content (AvgIpc) is 3.15. The van der Waals surface area contributed by atoms with Crippen LogP contribution in [-0.2, 0) is 11.3 Å². The van der Waals surface area contributed by atoms with Crippen molar-refractivity contribution < 1.29 is 19.0 Å². The van der Waals surface area contributed by atoms with Gasteiger partial charge in [0.05, 0.1) is 19.8 Å². The van der Waals surface area contributed by atoms with Gasteiger partial charge >= 0.3 is 5.97 Å². The Morgan fingerprint density at radius 3 is 2.47 bits per heavy atom. The Morgan fingerprint density at radius 2 is 1.80 bits per heavy atom. The number of fused-ring (bicyclic) bond motifs is 2. The molecule has 0 radical (unpaired) electrons. The number of carbonyl (C=O) groups excluding carboxylic acids is 1. The SMILES string of the molecule is CCC(C)CNc1ncc(-c2c3c(cc4cc(OC)c(OC)cc24)COC3=O)cn1. The van der Waals surface area contributed by atoms with Crippen LogP contribution in [0.15, 0.2) is 30.6 Å². The number of hydrogen-bond acceptors (Lipinski definition) is 7. The predicted molar refractivity (Wildman–Crippen MR) is 115 cm³/mol. The minimum Gasteiger partial charge on any atom is -0.493 e. The lowest BCUT2D eigenvalue weighted by molar-refractivity contribution is 0.0535. The Kier molecular flexibility index (Phi) is 5.44. The first-order chi connectivity index (χ1) is 14.5. The molecule has 0 aliphatic carbocycles. The van der Waals surface area contributed by atoms with E-state index in [0.29, 0.717) is 28.9 Å². The number of aromatic nitrogens is 2. The van der Waals surface area contributed by atoms with E-state index >= 15 is 0 Å². The maximum Gasteiger partial charge on any atom is 0.339 e. The maximum absolute atomic E-state index is 12.5. The molecule has 0 amide bonds. The Hall–Kier alpha value is -3.35. The number of carbonyl (C=O) groups is 1. The third-order valence-corrected chi connectivity index (χ3v) is 5.53. The van der Waals surface area contributed by atoms with E-state index in [0.717, 1.165) is 40.4 Å². The average molecular weight is 407 g/mol. The number of methoxy groups -OCH3 is 2. The van der Waals surface area contributed by atoms with Gasteiger partial charge in [-0.15, -0.1) is 0 Å². The number of hydrogen-bond donors (Lipinski definition) is 1. The lowest BCUT2D eigenvalue weighted by atomic mass is 9.91. The normalized spacial score (nSPS) is 13.7. The van der Waals surface area contributed by atoms with Gasteiger partial charge in [0.2, 0.25) is 5.95 Å². The van der Waals surface area contributed by atoms with Crippen molar-refractivity contribution in [3.8, 4) is 22.6 Å². The highest BCUT2D eigenvalue weighted by atomic mass is 16.5. The van der Waals surface area contributed by atoms with E-state index < -0.39 is 0 Å². The second-order valence-electron chi connectivity index (χ2n) is 7.48. The standard InChI is InChI=1S/C23H25N3O4/c1-5-13(2)9-24-23-25-10-16(11-26-23)20-17-8-19(29-4)18(28-3)7-14(17)6-15-12-30-22(27)21(15)20/h6-8,10-11,13H,5,9,12H2,1-4H3,(H,24,25,26). The molecule has 1 N–H and O–H groups in total. The molecule has 4 rings (SSSR count). The van der Waals surface area contributed by atoms with E-state index in [4.69, 9.17) is 14.2 Å². The first kappa shape index (κ1) is 19.9. The summed E-state index contributed by atoms with van der Waals surface area (Å²) in [4.78, 5) is 21.5. The summed E-state index contributed by atoms with van der Waals surface area (Å²) in [6.07, 6.45) is 4.56. The van der Waals surface area contributed by atoms with Crippen LogP contribution in [0.1, 0.15) is 36.2 Å². The fraction of sp³-hybridized carbons (Fsp3) is 0.348. The van der Waals surface area contributed by atoms with E-state index in [1.54, 1.807) is 26.6 Å². The number of nitrogens with one attached hydrogen (secondary N) is 1. The van der Waals surface area contributed by atoms with Crippen molar-refractivity contribution in [2.45, 2.75) is 26.9 Å². The van der Waals surface area contributed by atoms with Crippen LogP contribution in [0.5, 0.6) is 11.5 Å². The molecule has 0 saturated heterocycles. The van der Waals surface area contributed by atoms with Gasteiger partial charge in [-0.3, -0.25) is 0 Å². The third kappa shape index (κ3) is 3.51. The maximum atomic E-state index is 12.5. The van der Waals surface area contributed by atoms with Crippen molar-refractivity contribution in [2.75, 3.05) is 26.1 Å². The molecule has 2 aromatic carbocycles. The van der Waals surface area contributed by atoms with Crippen molar-refractivity contribution in [2.24, 2.45) is 5.92 Å². The fourth-order valence-electron chi connectivity index (χ4n) is 3.61. The fourth-order valence-corrected chi connectivity index (χ4v) is 3.61. The van der Waals surface area contributed by atoms with Gasteiger partial charge in [-0.2, -0.15) is 0 Å². The molecular weight excluding hydrogens is 382 g/mol. The summed E-state index contributed by atoms with van der Waals surface area (Å²) >= 11 is 0. The second kappa shape index (κ2) is 8.18. The van der Waals surface area contributed by atoms with Crippen LogP contribution in [-0.4, -0.2) is 36.7 Å². The van der Waals surface area contributed by atoms with Gasteiger partial charge in [-0.05, 0) is 34.9 Å². The van der Waals surface area contributed by atoms with Gasteiger partial charge in [0.15, 0.2) is 11.5 Å². The molecule has 7 heteroatoms. The summed E-state index contributed by atoms with van der Waals surface area (Å²) in [6.45, 7) is 5.39. The van der Waals surface area contributed by atoms with Crippen LogP contribution in [0.3, 0.4) is 0 Å². The molecule has 1 aliphatic heterocycles. The zero-order valence-corrected chi connectivity index (χ0v) is 17.6. The molecule has 0 fully saturated rings. The smallest absolute Gasteiger partial charge is 0.339 e. The number of esters is 1. The zero-order valence-electron chi connectivity index (χ0n) is 17.6.